The van der Waals surface area contributed by atoms with Gasteiger partial charge in [0.25, 0.3) is 0 Å². The van der Waals surface area contributed by atoms with Gasteiger partial charge in [0.2, 0.25) is 0 Å². The molecule has 0 atom stereocenters. The van der Waals surface area contributed by atoms with Crippen LogP contribution in [-0.4, -0.2) is 18.9 Å². The van der Waals surface area contributed by atoms with Gasteiger partial charge >= 0.3 is 5.97 Å². The fourth-order valence-corrected chi connectivity index (χ4v) is 2.08. The van der Waals surface area contributed by atoms with Crippen LogP contribution in [0.25, 0.3) is 0 Å². The number of Topliss-reactive ketones (excluding diaryl/α,β-unsaturated/α-hetero) is 1. The van der Waals surface area contributed by atoms with Gasteiger partial charge in [-0.05, 0) is 37.3 Å². The van der Waals surface area contributed by atoms with Crippen LogP contribution in [0.3, 0.4) is 0 Å². The molecule has 0 aromatic heterocycles. The molecule has 0 radical (unpaired) electrons. The van der Waals surface area contributed by atoms with E-state index in [2.05, 4.69) is 0 Å². The summed E-state index contributed by atoms with van der Waals surface area (Å²) < 4.78 is 10.4. The lowest BCUT2D eigenvalue weighted by molar-refractivity contribution is 0.0732. The maximum absolute atomic E-state index is 12.2. The molecule has 2 rings (SSSR count). The molecule has 0 saturated heterocycles. The fourth-order valence-electron chi connectivity index (χ4n) is 1.79. The van der Waals surface area contributed by atoms with Crippen LogP contribution < -0.4 is 9.47 Å². The summed E-state index contributed by atoms with van der Waals surface area (Å²) in [4.78, 5) is 23.8. The minimum Gasteiger partial charge on any atom is -0.497 e. The molecule has 114 valence electrons. The highest BCUT2D eigenvalue weighted by Crippen LogP contribution is 2.27. The van der Waals surface area contributed by atoms with Crippen LogP contribution in [0.1, 0.15) is 27.6 Å². The van der Waals surface area contributed by atoms with Crippen molar-refractivity contribution in [2.45, 2.75) is 6.92 Å². The molecule has 0 bridgehead atoms. The number of ether oxygens (including phenoxy) is 2. The molecule has 0 fully saturated rings. The maximum Gasteiger partial charge on any atom is 0.343 e. The van der Waals surface area contributed by atoms with Gasteiger partial charge in [-0.15, -0.1) is 0 Å². The second kappa shape index (κ2) is 6.81. The van der Waals surface area contributed by atoms with E-state index in [0.29, 0.717) is 10.8 Å². The molecule has 0 heterocycles. The molecule has 0 aliphatic carbocycles. The van der Waals surface area contributed by atoms with E-state index in [0.717, 1.165) is 0 Å². The zero-order valence-corrected chi connectivity index (χ0v) is 13.4. The minimum absolute atomic E-state index is 0.128. The summed E-state index contributed by atoms with van der Waals surface area (Å²) in [6, 6.07) is 9.03. The lowest BCUT2D eigenvalue weighted by atomic mass is 10.1. The molecule has 0 aliphatic heterocycles. The molecule has 0 saturated carbocycles. The number of carbonyl (C=O) groups is 2. The number of hydrogen-bond donors (Lipinski definition) is 0. The van der Waals surface area contributed by atoms with Gasteiger partial charge in [-0.25, -0.2) is 4.79 Å². The van der Waals surface area contributed by atoms with Crippen molar-refractivity contribution in [3.63, 3.8) is 0 Å². The Morgan fingerprint density at radius 1 is 1.00 bits per heavy atom. The largest absolute Gasteiger partial charge is 0.497 e. The predicted molar refractivity (Wildman–Crippen MR) is 84.4 cm³/mol. The summed E-state index contributed by atoms with van der Waals surface area (Å²) in [6.45, 7) is 1.39. The molecular weight excluding hydrogens is 327 g/mol. The van der Waals surface area contributed by atoms with E-state index in [4.69, 9.17) is 32.7 Å². The van der Waals surface area contributed by atoms with Gasteiger partial charge in [-0.2, -0.15) is 0 Å². The first-order chi connectivity index (χ1) is 10.4. The van der Waals surface area contributed by atoms with Gasteiger partial charge in [0.05, 0.1) is 28.3 Å². The van der Waals surface area contributed by atoms with Crippen LogP contribution in [0.5, 0.6) is 11.5 Å². The standard InChI is InChI=1S/C16H12Cl2O4/c1-9(19)12-5-4-11(21-2)8-15(12)22-16(20)10-3-6-13(17)14(18)7-10/h3-8H,1-2H3. The summed E-state index contributed by atoms with van der Waals surface area (Å²) in [7, 11) is 1.48. The Morgan fingerprint density at radius 2 is 1.73 bits per heavy atom. The molecule has 0 spiro atoms. The number of ketones is 1. The van der Waals surface area contributed by atoms with Gasteiger partial charge in [0, 0.05) is 6.07 Å². The number of carbonyl (C=O) groups excluding carboxylic acids is 2. The van der Waals surface area contributed by atoms with E-state index in [9.17, 15) is 9.59 Å². The Balaban J connectivity index is 2.34. The zero-order chi connectivity index (χ0) is 16.3. The van der Waals surface area contributed by atoms with Crippen molar-refractivity contribution in [2.24, 2.45) is 0 Å². The van der Waals surface area contributed by atoms with Crippen LogP contribution in [0.2, 0.25) is 10.0 Å². The Morgan fingerprint density at radius 3 is 2.32 bits per heavy atom. The van der Waals surface area contributed by atoms with E-state index in [1.165, 1.54) is 38.3 Å². The SMILES string of the molecule is COc1ccc(C(C)=O)c(OC(=O)c2ccc(Cl)c(Cl)c2)c1. The van der Waals surface area contributed by atoms with Crippen molar-refractivity contribution >= 4 is 35.0 Å². The van der Waals surface area contributed by atoms with Crippen LogP contribution in [-0.2, 0) is 0 Å². The van der Waals surface area contributed by atoms with Gasteiger partial charge in [-0.3, -0.25) is 4.79 Å². The molecule has 0 aliphatic rings. The lowest BCUT2D eigenvalue weighted by Gasteiger charge is -2.10. The molecule has 4 nitrogen and oxygen atoms in total. The predicted octanol–water partition coefficient (Wildman–Crippen LogP) is 4.42. The minimum atomic E-state index is -0.644. The third-order valence-electron chi connectivity index (χ3n) is 2.93. The van der Waals surface area contributed by atoms with Gasteiger partial charge < -0.3 is 9.47 Å². The summed E-state index contributed by atoms with van der Waals surface area (Å²) in [6.07, 6.45) is 0. The Bertz CT molecular complexity index is 741. The van der Waals surface area contributed by atoms with Crippen molar-refractivity contribution in [1.82, 2.24) is 0 Å². The molecule has 22 heavy (non-hydrogen) atoms. The van der Waals surface area contributed by atoms with Crippen LogP contribution >= 0.6 is 23.2 Å². The van der Waals surface area contributed by atoms with Crippen molar-refractivity contribution in [3.05, 3.63) is 57.6 Å². The number of benzene rings is 2. The molecule has 2 aromatic carbocycles. The van der Waals surface area contributed by atoms with Gasteiger partial charge in [0.15, 0.2) is 5.78 Å². The third kappa shape index (κ3) is 3.59. The Kier molecular flexibility index (Phi) is 5.06. The van der Waals surface area contributed by atoms with E-state index >= 15 is 0 Å². The number of halogens is 2. The molecule has 0 unspecified atom stereocenters. The normalized spacial score (nSPS) is 10.2. The lowest BCUT2D eigenvalue weighted by Crippen LogP contribution is -2.11. The Hall–Kier alpha value is -2.04. The fraction of sp³-hybridized carbons (Fsp3) is 0.125. The monoisotopic (exact) mass is 338 g/mol. The molecule has 2 aromatic rings. The first-order valence-corrected chi connectivity index (χ1v) is 7.04. The maximum atomic E-state index is 12.2. The second-order valence-electron chi connectivity index (χ2n) is 4.44. The highest BCUT2D eigenvalue weighted by molar-refractivity contribution is 6.42. The van der Waals surface area contributed by atoms with Crippen LogP contribution in [0.4, 0.5) is 0 Å². The zero-order valence-electron chi connectivity index (χ0n) is 11.9. The van der Waals surface area contributed by atoms with Crippen LogP contribution in [0.15, 0.2) is 36.4 Å². The average molecular weight is 339 g/mol. The number of esters is 1. The summed E-state index contributed by atoms with van der Waals surface area (Å²) in [5, 5.41) is 0.581. The quantitative estimate of drug-likeness (QED) is 0.470. The molecule has 0 amide bonds. The summed E-state index contributed by atoms with van der Waals surface area (Å²) in [5.74, 6) is -0.265. The van der Waals surface area contributed by atoms with Gasteiger partial charge in [0.1, 0.15) is 11.5 Å². The molecule has 6 heteroatoms. The summed E-state index contributed by atoms with van der Waals surface area (Å²) >= 11 is 11.7. The van der Waals surface area contributed by atoms with Crippen molar-refractivity contribution in [3.8, 4) is 11.5 Å². The number of hydrogen-bond acceptors (Lipinski definition) is 4. The molecule has 0 N–H and O–H groups in total. The molecular formula is C16H12Cl2O4. The highest BCUT2D eigenvalue weighted by atomic mass is 35.5. The first-order valence-electron chi connectivity index (χ1n) is 6.28. The highest BCUT2D eigenvalue weighted by Gasteiger charge is 2.16. The van der Waals surface area contributed by atoms with Crippen molar-refractivity contribution in [1.29, 1.82) is 0 Å². The second-order valence-corrected chi connectivity index (χ2v) is 5.25. The topological polar surface area (TPSA) is 52.6 Å². The third-order valence-corrected chi connectivity index (χ3v) is 3.67. The number of rotatable bonds is 4. The van der Waals surface area contributed by atoms with Crippen molar-refractivity contribution < 1.29 is 19.1 Å². The van der Waals surface area contributed by atoms with Crippen molar-refractivity contribution in [2.75, 3.05) is 7.11 Å². The average Bonchev–Trinajstić information content (AvgIpc) is 2.49. The van der Waals surface area contributed by atoms with E-state index in [1.807, 2.05) is 0 Å². The smallest absolute Gasteiger partial charge is 0.343 e. The Labute approximate surface area is 137 Å². The number of methoxy groups -OCH3 is 1. The first kappa shape index (κ1) is 16.3. The van der Waals surface area contributed by atoms with E-state index in [1.54, 1.807) is 12.1 Å². The van der Waals surface area contributed by atoms with E-state index < -0.39 is 5.97 Å². The summed E-state index contributed by atoms with van der Waals surface area (Å²) in [5.41, 5.74) is 0.515. The van der Waals surface area contributed by atoms with E-state index in [-0.39, 0.29) is 27.7 Å². The van der Waals surface area contributed by atoms with Crippen LogP contribution in [0, 0.1) is 0 Å². The van der Waals surface area contributed by atoms with Gasteiger partial charge in [-0.1, -0.05) is 23.2 Å².